The second kappa shape index (κ2) is 4.92. The lowest BCUT2D eigenvalue weighted by atomic mass is 10.2. The van der Waals surface area contributed by atoms with Crippen molar-refractivity contribution < 1.29 is 5.11 Å². The molecule has 1 aromatic rings. The SMILES string of the molecule is OC[C@@H]1CCCN1Cc1ccc(Cl)nc1. The van der Waals surface area contributed by atoms with Crippen molar-refractivity contribution in [3.8, 4) is 0 Å². The van der Waals surface area contributed by atoms with Crippen LogP contribution in [0.3, 0.4) is 0 Å². The summed E-state index contributed by atoms with van der Waals surface area (Å²) in [5.74, 6) is 0. The van der Waals surface area contributed by atoms with Gasteiger partial charge in [-0.15, -0.1) is 0 Å². The van der Waals surface area contributed by atoms with Gasteiger partial charge in [-0.05, 0) is 31.0 Å². The van der Waals surface area contributed by atoms with Crippen molar-refractivity contribution >= 4 is 11.6 Å². The van der Waals surface area contributed by atoms with E-state index in [9.17, 15) is 5.11 Å². The summed E-state index contributed by atoms with van der Waals surface area (Å²) in [6, 6.07) is 4.11. The Morgan fingerprint density at radius 2 is 2.40 bits per heavy atom. The summed E-state index contributed by atoms with van der Waals surface area (Å²) in [7, 11) is 0. The molecule has 82 valence electrons. The van der Waals surface area contributed by atoms with Gasteiger partial charge in [0.1, 0.15) is 5.15 Å². The van der Waals surface area contributed by atoms with Crippen LogP contribution in [-0.2, 0) is 6.54 Å². The van der Waals surface area contributed by atoms with Crippen molar-refractivity contribution in [3.05, 3.63) is 29.0 Å². The lowest BCUT2D eigenvalue weighted by molar-refractivity contribution is 0.153. The van der Waals surface area contributed by atoms with Crippen molar-refractivity contribution in [2.75, 3.05) is 13.2 Å². The Kier molecular flexibility index (Phi) is 3.57. The first kappa shape index (κ1) is 10.9. The van der Waals surface area contributed by atoms with Crippen LogP contribution in [0.2, 0.25) is 5.15 Å². The summed E-state index contributed by atoms with van der Waals surface area (Å²) in [5.41, 5.74) is 1.15. The molecule has 1 N–H and O–H groups in total. The van der Waals surface area contributed by atoms with Gasteiger partial charge in [0.15, 0.2) is 0 Å². The number of aliphatic hydroxyl groups is 1. The fourth-order valence-corrected chi connectivity index (χ4v) is 2.16. The summed E-state index contributed by atoms with van der Waals surface area (Å²) >= 11 is 5.72. The highest BCUT2D eigenvalue weighted by atomic mass is 35.5. The van der Waals surface area contributed by atoms with E-state index >= 15 is 0 Å². The van der Waals surface area contributed by atoms with E-state index in [-0.39, 0.29) is 6.61 Å². The summed E-state index contributed by atoms with van der Waals surface area (Å²) in [6.45, 7) is 2.17. The second-order valence-electron chi connectivity index (χ2n) is 3.94. The van der Waals surface area contributed by atoms with Crippen LogP contribution < -0.4 is 0 Å². The number of hydrogen-bond donors (Lipinski definition) is 1. The van der Waals surface area contributed by atoms with Crippen molar-refractivity contribution in [1.82, 2.24) is 9.88 Å². The molecule has 0 bridgehead atoms. The highest BCUT2D eigenvalue weighted by Crippen LogP contribution is 2.19. The summed E-state index contributed by atoms with van der Waals surface area (Å²) < 4.78 is 0. The molecule has 0 aromatic carbocycles. The number of aliphatic hydroxyl groups excluding tert-OH is 1. The number of likely N-dealkylation sites (tertiary alicyclic amines) is 1. The minimum atomic E-state index is 0.251. The Bertz CT molecular complexity index is 315. The Labute approximate surface area is 94.7 Å². The highest BCUT2D eigenvalue weighted by Gasteiger charge is 2.23. The lowest BCUT2D eigenvalue weighted by Crippen LogP contribution is -2.31. The Morgan fingerprint density at radius 1 is 1.53 bits per heavy atom. The van der Waals surface area contributed by atoms with Gasteiger partial charge in [0.05, 0.1) is 6.61 Å². The van der Waals surface area contributed by atoms with Gasteiger partial charge in [0.2, 0.25) is 0 Å². The van der Waals surface area contributed by atoms with Crippen LogP contribution in [0.25, 0.3) is 0 Å². The van der Waals surface area contributed by atoms with Gasteiger partial charge in [-0.2, -0.15) is 0 Å². The fourth-order valence-electron chi connectivity index (χ4n) is 2.04. The molecule has 1 atom stereocenters. The number of pyridine rings is 1. The van der Waals surface area contributed by atoms with E-state index in [0.717, 1.165) is 25.1 Å². The average molecular weight is 227 g/mol. The molecule has 15 heavy (non-hydrogen) atoms. The molecule has 0 aliphatic carbocycles. The Balaban J connectivity index is 1.99. The Morgan fingerprint density at radius 3 is 3.07 bits per heavy atom. The highest BCUT2D eigenvalue weighted by molar-refractivity contribution is 6.29. The molecule has 1 aliphatic rings. The molecule has 2 heterocycles. The van der Waals surface area contributed by atoms with Gasteiger partial charge in [0.25, 0.3) is 0 Å². The molecule has 1 aromatic heterocycles. The van der Waals surface area contributed by atoms with Crippen LogP contribution in [0.1, 0.15) is 18.4 Å². The van der Waals surface area contributed by atoms with Gasteiger partial charge in [-0.1, -0.05) is 17.7 Å². The molecule has 1 aliphatic heterocycles. The van der Waals surface area contributed by atoms with Crippen molar-refractivity contribution in [2.24, 2.45) is 0 Å². The van der Waals surface area contributed by atoms with E-state index in [1.165, 1.54) is 6.42 Å². The molecule has 3 nitrogen and oxygen atoms in total. The molecule has 1 saturated heterocycles. The van der Waals surface area contributed by atoms with Gasteiger partial charge in [-0.3, -0.25) is 4.90 Å². The molecule has 0 saturated carbocycles. The number of nitrogens with zero attached hydrogens (tertiary/aromatic N) is 2. The average Bonchev–Trinajstić information content (AvgIpc) is 2.69. The third-order valence-electron chi connectivity index (χ3n) is 2.88. The zero-order chi connectivity index (χ0) is 10.7. The molecule has 4 heteroatoms. The van der Waals surface area contributed by atoms with Gasteiger partial charge >= 0.3 is 0 Å². The van der Waals surface area contributed by atoms with E-state index in [1.54, 1.807) is 12.3 Å². The molecule has 0 amide bonds. The van der Waals surface area contributed by atoms with Crippen LogP contribution >= 0.6 is 11.6 Å². The van der Waals surface area contributed by atoms with E-state index in [1.807, 2.05) is 6.07 Å². The zero-order valence-corrected chi connectivity index (χ0v) is 9.32. The Hall–Kier alpha value is -0.640. The van der Waals surface area contributed by atoms with Crippen molar-refractivity contribution in [2.45, 2.75) is 25.4 Å². The van der Waals surface area contributed by atoms with E-state index in [4.69, 9.17) is 11.6 Å². The predicted molar refractivity (Wildman–Crippen MR) is 59.8 cm³/mol. The van der Waals surface area contributed by atoms with Crippen molar-refractivity contribution in [3.63, 3.8) is 0 Å². The first-order chi connectivity index (χ1) is 7.29. The van der Waals surface area contributed by atoms with Crippen LogP contribution in [0.4, 0.5) is 0 Å². The van der Waals surface area contributed by atoms with Crippen LogP contribution in [-0.4, -0.2) is 34.2 Å². The number of aromatic nitrogens is 1. The maximum absolute atomic E-state index is 9.18. The molecule has 0 radical (unpaired) electrons. The number of halogens is 1. The first-order valence-corrected chi connectivity index (χ1v) is 5.63. The normalized spacial score (nSPS) is 22.1. The molecular formula is C11H15ClN2O. The van der Waals surface area contributed by atoms with Crippen LogP contribution in [0.15, 0.2) is 18.3 Å². The molecule has 0 unspecified atom stereocenters. The largest absolute Gasteiger partial charge is 0.395 e. The lowest BCUT2D eigenvalue weighted by Gasteiger charge is -2.22. The zero-order valence-electron chi connectivity index (χ0n) is 8.56. The quantitative estimate of drug-likeness (QED) is 0.797. The maximum Gasteiger partial charge on any atom is 0.129 e. The molecule has 0 spiro atoms. The maximum atomic E-state index is 9.18. The first-order valence-electron chi connectivity index (χ1n) is 5.25. The summed E-state index contributed by atoms with van der Waals surface area (Å²) in [5, 5.41) is 9.71. The standard InChI is InChI=1S/C11H15ClN2O/c12-11-4-3-9(6-13-11)7-14-5-1-2-10(14)8-15/h3-4,6,10,15H,1-2,5,7-8H2/t10-/m0/s1. The number of rotatable bonds is 3. The second-order valence-corrected chi connectivity index (χ2v) is 4.33. The monoisotopic (exact) mass is 226 g/mol. The minimum Gasteiger partial charge on any atom is -0.395 e. The van der Waals surface area contributed by atoms with Gasteiger partial charge < -0.3 is 5.11 Å². The number of hydrogen-bond acceptors (Lipinski definition) is 3. The third-order valence-corrected chi connectivity index (χ3v) is 3.11. The third kappa shape index (κ3) is 2.68. The van der Waals surface area contributed by atoms with E-state index in [2.05, 4.69) is 9.88 Å². The van der Waals surface area contributed by atoms with Gasteiger partial charge in [-0.25, -0.2) is 4.98 Å². The summed E-state index contributed by atoms with van der Waals surface area (Å²) in [4.78, 5) is 6.34. The minimum absolute atomic E-state index is 0.251. The molecule has 2 rings (SSSR count). The van der Waals surface area contributed by atoms with Crippen molar-refractivity contribution in [1.29, 1.82) is 0 Å². The predicted octanol–water partition coefficient (Wildman–Crippen LogP) is 1.69. The van der Waals surface area contributed by atoms with Crippen LogP contribution in [0, 0.1) is 0 Å². The summed E-state index contributed by atoms with van der Waals surface area (Å²) in [6.07, 6.45) is 4.07. The van der Waals surface area contributed by atoms with E-state index < -0.39 is 0 Å². The topological polar surface area (TPSA) is 36.4 Å². The molecular weight excluding hydrogens is 212 g/mol. The van der Waals surface area contributed by atoms with Crippen LogP contribution in [0.5, 0.6) is 0 Å². The van der Waals surface area contributed by atoms with Gasteiger partial charge in [0, 0.05) is 18.8 Å². The smallest absolute Gasteiger partial charge is 0.129 e. The molecule has 1 fully saturated rings. The fraction of sp³-hybridized carbons (Fsp3) is 0.545. The van der Waals surface area contributed by atoms with E-state index in [0.29, 0.717) is 11.2 Å².